The van der Waals surface area contributed by atoms with E-state index in [9.17, 15) is 17.9 Å². The Labute approximate surface area is 118 Å². The molecule has 1 saturated heterocycles. The average molecular weight is 303 g/mol. The third kappa shape index (κ3) is 3.35. The standard InChI is InChI=1S/C13H18FNO4S/c1-19-6-7-20(17,18)15-9-12(16)8-13(15)10-2-4-11(14)5-3-10/h2-5,12-13,16H,6-9H2,1H3/t12-,13-/m0/s1. The summed E-state index contributed by atoms with van der Waals surface area (Å²) in [6.07, 6.45) is -0.389. The van der Waals surface area contributed by atoms with Crippen molar-refractivity contribution < 1.29 is 22.7 Å². The van der Waals surface area contributed by atoms with Gasteiger partial charge >= 0.3 is 0 Å². The van der Waals surface area contributed by atoms with E-state index >= 15 is 0 Å². The number of hydrogen-bond acceptors (Lipinski definition) is 4. The number of hydrogen-bond donors (Lipinski definition) is 1. The number of benzene rings is 1. The summed E-state index contributed by atoms with van der Waals surface area (Å²) in [6.45, 7) is 0.166. The Hall–Kier alpha value is -1.02. The van der Waals surface area contributed by atoms with Crippen LogP contribution in [0.3, 0.4) is 0 Å². The highest BCUT2D eigenvalue weighted by Crippen LogP contribution is 2.34. The van der Waals surface area contributed by atoms with E-state index in [0.29, 0.717) is 12.0 Å². The van der Waals surface area contributed by atoms with Crippen molar-refractivity contribution in [2.75, 3.05) is 26.0 Å². The molecule has 2 atom stereocenters. The second kappa shape index (κ2) is 6.17. The first-order valence-corrected chi connectivity index (χ1v) is 7.97. The molecule has 0 amide bonds. The lowest BCUT2D eigenvalue weighted by Crippen LogP contribution is -2.34. The minimum atomic E-state index is -3.51. The maximum absolute atomic E-state index is 13.0. The summed E-state index contributed by atoms with van der Waals surface area (Å²) < 4.78 is 43.5. The molecule has 0 spiro atoms. The summed E-state index contributed by atoms with van der Waals surface area (Å²) in [6, 6.07) is 5.24. The maximum Gasteiger partial charge on any atom is 0.217 e. The van der Waals surface area contributed by atoms with Crippen LogP contribution >= 0.6 is 0 Å². The molecular formula is C13H18FNO4S. The molecule has 1 aromatic carbocycles. The smallest absolute Gasteiger partial charge is 0.217 e. The summed E-state index contributed by atoms with van der Waals surface area (Å²) in [4.78, 5) is 0. The Morgan fingerprint density at radius 3 is 2.65 bits per heavy atom. The lowest BCUT2D eigenvalue weighted by Gasteiger charge is -2.24. The number of halogens is 1. The highest BCUT2D eigenvalue weighted by atomic mass is 32.2. The van der Waals surface area contributed by atoms with E-state index in [4.69, 9.17) is 4.74 Å². The van der Waals surface area contributed by atoms with Gasteiger partial charge in [-0.05, 0) is 24.1 Å². The molecule has 1 fully saturated rings. The van der Waals surface area contributed by atoms with E-state index in [1.54, 1.807) is 12.1 Å². The molecule has 0 radical (unpaired) electrons. The first-order valence-electron chi connectivity index (χ1n) is 6.36. The van der Waals surface area contributed by atoms with E-state index in [1.807, 2.05) is 0 Å². The topological polar surface area (TPSA) is 66.8 Å². The molecule has 1 aliphatic rings. The SMILES string of the molecule is COCCS(=O)(=O)N1C[C@@H](O)C[C@H]1c1ccc(F)cc1. The zero-order valence-electron chi connectivity index (χ0n) is 11.2. The first kappa shape index (κ1) is 15.4. The molecule has 1 heterocycles. The summed E-state index contributed by atoms with van der Waals surface area (Å²) in [5.74, 6) is -0.505. The third-order valence-electron chi connectivity index (χ3n) is 3.39. The van der Waals surface area contributed by atoms with Crippen LogP contribution in [0.5, 0.6) is 0 Å². The Morgan fingerprint density at radius 2 is 2.05 bits per heavy atom. The predicted molar refractivity (Wildman–Crippen MR) is 72.1 cm³/mol. The molecular weight excluding hydrogens is 285 g/mol. The van der Waals surface area contributed by atoms with Gasteiger partial charge in [-0.2, -0.15) is 4.31 Å². The van der Waals surface area contributed by atoms with Crippen molar-refractivity contribution in [3.05, 3.63) is 35.6 Å². The molecule has 0 aromatic heterocycles. The fraction of sp³-hybridized carbons (Fsp3) is 0.538. The number of aliphatic hydroxyl groups excluding tert-OH is 1. The summed E-state index contributed by atoms with van der Waals surface area (Å²) in [5.41, 5.74) is 0.684. The molecule has 0 bridgehead atoms. The second-order valence-electron chi connectivity index (χ2n) is 4.84. The van der Waals surface area contributed by atoms with Crippen LogP contribution in [0, 0.1) is 5.82 Å². The van der Waals surface area contributed by atoms with Gasteiger partial charge in [0.25, 0.3) is 0 Å². The fourth-order valence-electron chi connectivity index (χ4n) is 2.39. The Kier molecular flexibility index (Phi) is 4.74. The Balaban J connectivity index is 2.24. The number of methoxy groups -OCH3 is 1. The first-order chi connectivity index (χ1) is 9.44. The van der Waals surface area contributed by atoms with Crippen molar-refractivity contribution in [3.63, 3.8) is 0 Å². The molecule has 0 saturated carbocycles. The van der Waals surface area contributed by atoms with Crippen LogP contribution in [0.25, 0.3) is 0 Å². The van der Waals surface area contributed by atoms with Crippen LogP contribution in [-0.4, -0.2) is 49.9 Å². The van der Waals surface area contributed by atoms with Gasteiger partial charge < -0.3 is 9.84 Å². The number of ether oxygens (including phenoxy) is 1. The van der Waals surface area contributed by atoms with Crippen molar-refractivity contribution in [1.82, 2.24) is 4.31 Å². The maximum atomic E-state index is 13.0. The second-order valence-corrected chi connectivity index (χ2v) is 6.88. The molecule has 112 valence electrons. The fourth-order valence-corrected chi connectivity index (χ4v) is 3.99. The van der Waals surface area contributed by atoms with Crippen molar-refractivity contribution in [2.45, 2.75) is 18.6 Å². The van der Waals surface area contributed by atoms with Crippen molar-refractivity contribution in [2.24, 2.45) is 0 Å². The highest BCUT2D eigenvalue weighted by Gasteiger charge is 2.39. The number of sulfonamides is 1. The molecule has 0 unspecified atom stereocenters. The zero-order chi connectivity index (χ0) is 14.8. The van der Waals surface area contributed by atoms with E-state index in [1.165, 1.54) is 23.5 Å². The summed E-state index contributed by atoms with van der Waals surface area (Å²) >= 11 is 0. The minimum absolute atomic E-state index is 0.0636. The third-order valence-corrected chi connectivity index (χ3v) is 5.19. The molecule has 7 heteroatoms. The van der Waals surface area contributed by atoms with Crippen LogP contribution < -0.4 is 0 Å². The van der Waals surface area contributed by atoms with Crippen LogP contribution in [0.2, 0.25) is 0 Å². The van der Waals surface area contributed by atoms with Gasteiger partial charge in [-0.15, -0.1) is 0 Å². The molecule has 1 aromatic rings. The highest BCUT2D eigenvalue weighted by molar-refractivity contribution is 7.89. The van der Waals surface area contributed by atoms with Gasteiger partial charge in [0, 0.05) is 13.7 Å². The summed E-state index contributed by atoms with van der Waals surface area (Å²) in [7, 11) is -2.07. The zero-order valence-corrected chi connectivity index (χ0v) is 12.0. The molecule has 1 N–H and O–H groups in total. The van der Waals surface area contributed by atoms with Crippen LogP contribution in [-0.2, 0) is 14.8 Å². The van der Waals surface area contributed by atoms with Crippen LogP contribution in [0.1, 0.15) is 18.0 Å². The van der Waals surface area contributed by atoms with Gasteiger partial charge in [-0.1, -0.05) is 12.1 Å². The van der Waals surface area contributed by atoms with Gasteiger partial charge in [-0.3, -0.25) is 0 Å². The van der Waals surface area contributed by atoms with Gasteiger partial charge in [0.2, 0.25) is 10.0 Å². The van der Waals surface area contributed by atoms with Crippen molar-refractivity contribution in [3.8, 4) is 0 Å². The molecule has 2 rings (SSSR count). The van der Waals surface area contributed by atoms with E-state index in [2.05, 4.69) is 0 Å². The van der Waals surface area contributed by atoms with Crippen molar-refractivity contribution in [1.29, 1.82) is 0 Å². The lowest BCUT2D eigenvalue weighted by molar-refractivity contribution is 0.188. The molecule has 0 aliphatic carbocycles. The van der Waals surface area contributed by atoms with Crippen molar-refractivity contribution >= 4 is 10.0 Å². The number of β-amino-alcohol motifs (C(OH)–C–C–N with tert-alkyl or cyclic N) is 1. The summed E-state index contributed by atoms with van der Waals surface area (Å²) in [5, 5.41) is 9.76. The predicted octanol–water partition coefficient (Wildman–Crippen LogP) is 0.910. The number of aliphatic hydroxyl groups is 1. The Bertz CT molecular complexity index is 546. The largest absolute Gasteiger partial charge is 0.392 e. The number of rotatable bonds is 5. The molecule has 20 heavy (non-hydrogen) atoms. The normalized spacial score (nSPS) is 24.1. The molecule has 5 nitrogen and oxygen atoms in total. The molecule has 1 aliphatic heterocycles. The van der Waals surface area contributed by atoms with E-state index in [-0.39, 0.29) is 24.7 Å². The van der Waals surface area contributed by atoms with Gasteiger partial charge in [-0.25, -0.2) is 12.8 Å². The van der Waals surface area contributed by atoms with Crippen LogP contribution in [0.15, 0.2) is 24.3 Å². The minimum Gasteiger partial charge on any atom is -0.392 e. The lowest BCUT2D eigenvalue weighted by atomic mass is 10.0. The average Bonchev–Trinajstić information content (AvgIpc) is 2.80. The monoisotopic (exact) mass is 303 g/mol. The van der Waals surface area contributed by atoms with E-state index < -0.39 is 22.2 Å². The van der Waals surface area contributed by atoms with Gasteiger partial charge in [0.05, 0.1) is 24.5 Å². The van der Waals surface area contributed by atoms with Gasteiger partial charge in [0.15, 0.2) is 0 Å². The number of nitrogens with zero attached hydrogens (tertiary/aromatic N) is 1. The quantitative estimate of drug-likeness (QED) is 0.878. The van der Waals surface area contributed by atoms with E-state index in [0.717, 1.165) is 0 Å². The van der Waals surface area contributed by atoms with Gasteiger partial charge in [0.1, 0.15) is 5.82 Å². The van der Waals surface area contributed by atoms with Crippen LogP contribution in [0.4, 0.5) is 4.39 Å². The Morgan fingerprint density at radius 1 is 1.40 bits per heavy atom.